The van der Waals surface area contributed by atoms with Crippen LogP contribution in [0.2, 0.25) is 0 Å². The fourth-order valence-corrected chi connectivity index (χ4v) is 1.08. The first-order valence-corrected chi connectivity index (χ1v) is 3.97. The number of aromatic hydroxyl groups is 1. The molecule has 1 aromatic carbocycles. The van der Waals surface area contributed by atoms with E-state index in [1.165, 1.54) is 0 Å². The molecule has 1 N–H and O–H groups in total. The third-order valence-electron chi connectivity index (χ3n) is 1.71. The zero-order valence-electron chi connectivity index (χ0n) is 7.14. The molecule has 0 amide bonds. The summed E-state index contributed by atoms with van der Waals surface area (Å²) >= 11 is 0. The Balaban J connectivity index is 2.19. The first-order chi connectivity index (χ1) is 6.74. The largest absolute Gasteiger partial charge is 0.542 e. The summed E-state index contributed by atoms with van der Waals surface area (Å²) in [7, 11) is 0. The number of phenols is 1. The van der Waals surface area contributed by atoms with E-state index in [-0.39, 0.29) is 11.6 Å². The van der Waals surface area contributed by atoms with Gasteiger partial charge in [0.05, 0.1) is 6.42 Å². The van der Waals surface area contributed by atoms with Crippen molar-refractivity contribution in [1.82, 2.24) is 5.16 Å². The van der Waals surface area contributed by atoms with Crippen molar-refractivity contribution in [3.8, 4) is 5.75 Å². The highest BCUT2D eigenvalue weighted by Gasteiger charge is 2.04. The van der Waals surface area contributed by atoms with Crippen molar-refractivity contribution in [2.75, 3.05) is 0 Å². The van der Waals surface area contributed by atoms with Crippen molar-refractivity contribution in [2.24, 2.45) is 0 Å². The Labute approximate surface area is 78.6 Å². The van der Waals surface area contributed by atoms with Crippen LogP contribution in [0.1, 0.15) is 11.5 Å². The molecule has 0 unspecified atom stereocenters. The van der Waals surface area contributed by atoms with Gasteiger partial charge in [-0.1, -0.05) is 12.1 Å². The van der Waals surface area contributed by atoms with E-state index >= 15 is 0 Å². The van der Waals surface area contributed by atoms with Gasteiger partial charge in [-0.05, 0) is 22.9 Å². The van der Waals surface area contributed by atoms with Gasteiger partial charge in [0.1, 0.15) is 5.75 Å². The SMILES string of the molecule is O=c1onc(Cc2ccc(O)cc2)o1. The molecule has 2 rings (SSSR count). The maximum Gasteiger partial charge on any atom is 0.542 e. The second-order valence-electron chi connectivity index (χ2n) is 2.77. The van der Waals surface area contributed by atoms with Gasteiger partial charge in [-0.15, -0.1) is 0 Å². The third kappa shape index (κ3) is 1.82. The highest BCUT2D eigenvalue weighted by molar-refractivity contribution is 5.27. The molecular weight excluding hydrogens is 186 g/mol. The normalized spacial score (nSPS) is 10.3. The van der Waals surface area contributed by atoms with Crippen molar-refractivity contribution in [1.29, 1.82) is 0 Å². The number of benzene rings is 1. The summed E-state index contributed by atoms with van der Waals surface area (Å²) in [6.07, 6.45) is 0.367. The molecule has 1 aromatic heterocycles. The Kier molecular flexibility index (Phi) is 2.06. The van der Waals surface area contributed by atoms with Gasteiger partial charge in [-0.25, -0.2) is 4.79 Å². The monoisotopic (exact) mass is 193 g/mol. The van der Waals surface area contributed by atoms with Crippen LogP contribution in [0.15, 0.2) is 38.0 Å². The molecule has 0 aliphatic heterocycles. The van der Waals surface area contributed by atoms with E-state index in [1.54, 1.807) is 24.3 Å². The second kappa shape index (κ2) is 3.37. The van der Waals surface area contributed by atoms with Crippen molar-refractivity contribution in [3.63, 3.8) is 0 Å². The summed E-state index contributed by atoms with van der Waals surface area (Å²) in [6, 6.07) is 6.52. The molecule has 0 atom stereocenters. The first-order valence-electron chi connectivity index (χ1n) is 3.97. The number of hydrogen-bond donors (Lipinski definition) is 1. The molecule has 5 heteroatoms. The smallest absolute Gasteiger partial charge is 0.508 e. The zero-order valence-corrected chi connectivity index (χ0v) is 7.14. The minimum absolute atomic E-state index is 0.190. The molecule has 0 spiro atoms. The molecule has 1 heterocycles. The Morgan fingerprint density at radius 3 is 2.57 bits per heavy atom. The lowest BCUT2D eigenvalue weighted by molar-refractivity contribution is 0.334. The maximum atomic E-state index is 10.5. The average Bonchev–Trinajstić information content (AvgIpc) is 2.56. The van der Waals surface area contributed by atoms with Gasteiger partial charge in [-0.3, -0.25) is 4.52 Å². The zero-order chi connectivity index (χ0) is 9.97. The van der Waals surface area contributed by atoms with E-state index in [0.29, 0.717) is 6.42 Å². The summed E-state index contributed by atoms with van der Waals surface area (Å²) in [5.74, 6) is -0.394. The Hall–Kier alpha value is -2.04. The van der Waals surface area contributed by atoms with E-state index in [9.17, 15) is 4.79 Å². The van der Waals surface area contributed by atoms with E-state index in [1.807, 2.05) is 0 Å². The Bertz CT molecular complexity index is 468. The number of hydrogen-bond acceptors (Lipinski definition) is 5. The maximum absolute atomic E-state index is 10.5. The molecule has 0 saturated carbocycles. The van der Waals surface area contributed by atoms with Gasteiger partial charge in [0.25, 0.3) is 0 Å². The molecule has 2 aromatic rings. The lowest BCUT2D eigenvalue weighted by Crippen LogP contribution is -1.89. The number of rotatable bonds is 2. The molecule has 5 nitrogen and oxygen atoms in total. The standard InChI is InChI=1S/C9H7NO4/c11-7-3-1-6(2-4-7)5-8-10-14-9(12)13-8/h1-4,11H,5H2. The van der Waals surface area contributed by atoms with E-state index < -0.39 is 5.82 Å². The predicted octanol–water partition coefficient (Wildman–Crippen LogP) is 0.924. The highest BCUT2D eigenvalue weighted by Crippen LogP contribution is 2.11. The molecule has 0 radical (unpaired) electrons. The number of aromatic nitrogens is 1. The Morgan fingerprint density at radius 2 is 2.00 bits per heavy atom. The minimum Gasteiger partial charge on any atom is -0.508 e. The minimum atomic E-state index is -0.807. The molecule has 0 bridgehead atoms. The Morgan fingerprint density at radius 1 is 1.29 bits per heavy atom. The lowest BCUT2D eigenvalue weighted by atomic mass is 10.1. The van der Waals surface area contributed by atoms with Gasteiger partial charge in [0.15, 0.2) is 0 Å². The van der Waals surface area contributed by atoms with Gasteiger partial charge in [0.2, 0.25) is 5.89 Å². The highest BCUT2D eigenvalue weighted by atomic mass is 16.6. The second-order valence-corrected chi connectivity index (χ2v) is 2.77. The predicted molar refractivity (Wildman–Crippen MR) is 46.0 cm³/mol. The van der Waals surface area contributed by atoms with Crippen LogP contribution in [0.25, 0.3) is 0 Å². The van der Waals surface area contributed by atoms with E-state index in [0.717, 1.165) is 5.56 Å². The van der Waals surface area contributed by atoms with Gasteiger partial charge < -0.3 is 9.52 Å². The van der Waals surface area contributed by atoms with Gasteiger partial charge >= 0.3 is 5.82 Å². The van der Waals surface area contributed by atoms with Crippen molar-refractivity contribution in [2.45, 2.75) is 6.42 Å². The summed E-state index contributed by atoms with van der Waals surface area (Å²) in [4.78, 5) is 10.5. The molecular formula is C9H7NO4. The fourth-order valence-electron chi connectivity index (χ4n) is 1.08. The molecule has 0 aliphatic carbocycles. The fraction of sp³-hybridized carbons (Fsp3) is 0.111. The van der Waals surface area contributed by atoms with Crippen LogP contribution < -0.4 is 5.82 Å². The average molecular weight is 193 g/mol. The first kappa shape index (κ1) is 8.55. The van der Waals surface area contributed by atoms with Crippen LogP contribution in [0.5, 0.6) is 5.75 Å². The van der Waals surface area contributed by atoms with Crippen LogP contribution in [0, 0.1) is 0 Å². The van der Waals surface area contributed by atoms with Gasteiger partial charge in [0, 0.05) is 0 Å². The van der Waals surface area contributed by atoms with Crippen LogP contribution in [-0.4, -0.2) is 10.3 Å². The van der Waals surface area contributed by atoms with Crippen molar-refractivity contribution in [3.05, 3.63) is 46.3 Å². The van der Waals surface area contributed by atoms with Crippen molar-refractivity contribution < 1.29 is 14.0 Å². The van der Waals surface area contributed by atoms with Crippen LogP contribution in [0.4, 0.5) is 0 Å². The van der Waals surface area contributed by atoms with Crippen LogP contribution in [0.3, 0.4) is 0 Å². The van der Waals surface area contributed by atoms with Crippen LogP contribution >= 0.6 is 0 Å². The summed E-state index contributed by atoms with van der Waals surface area (Å²) in [6.45, 7) is 0. The van der Waals surface area contributed by atoms with E-state index in [4.69, 9.17) is 5.11 Å². The molecule has 0 saturated heterocycles. The lowest BCUT2D eigenvalue weighted by Gasteiger charge is -1.95. The quantitative estimate of drug-likeness (QED) is 0.767. The van der Waals surface area contributed by atoms with Crippen LogP contribution in [-0.2, 0) is 6.42 Å². The topological polar surface area (TPSA) is 76.5 Å². The third-order valence-corrected chi connectivity index (χ3v) is 1.71. The number of phenolic OH excluding ortho intramolecular Hbond substituents is 1. The molecule has 0 aliphatic rings. The van der Waals surface area contributed by atoms with E-state index in [2.05, 4.69) is 14.1 Å². The molecule has 72 valence electrons. The molecule has 14 heavy (non-hydrogen) atoms. The summed E-state index contributed by atoms with van der Waals surface area (Å²) in [5.41, 5.74) is 0.875. The summed E-state index contributed by atoms with van der Waals surface area (Å²) < 4.78 is 8.86. The van der Waals surface area contributed by atoms with Gasteiger partial charge in [-0.2, -0.15) is 0 Å². The summed E-state index contributed by atoms with van der Waals surface area (Å²) in [5, 5.41) is 12.4. The van der Waals surface area contributed by atoms with Crippen molar-refractivity contribution >= 4 is 0 Å². The number of nitrogens with zero attached hydrogens (tertiary/aromatic N) is 1. The molecule has 0 fully saturated rings.